The number of carbonyl (C=O) groups is 1. The van der Waals surface area contributed by atoms with Crippen LogP contribution in [0.1, 0.15) is 33.3 Å². The van der Waals surface area contributed by atoms with E-state index in [-0.39, 0.29) is 5.91 Å². The minimum atomic E-state index is 0.102. The Labute approximate surface area is 121 Å². The molecule has 2 nitrogen and oxygen atoms in total. The van der Waals surface area contributed by atoms with Crippen LogP contribution < -0.4 is 5.32 Å². The van der Waals surface area contributed by atoms with Gasteiger partial charge in [0, 0.05) is 11.4 Å². The summed E-state index contributed by atoms with van der Waals surface area (Å²) in [5.41, 5.74) is 1.69. The topological polar surface area (TPSA) is 29.1 Å². The highest BCUT2D eigenvalue weighted by Gasteiger charge is 2.64. The fourth-order valence-corrected chi connectivity index (χ4v) is 3.07. The summed E-state index contributed by atoms with van der Waals surface area (Å²) < 4.78 is 0. The van der Waals surface area contributed by atoms with E-state index in [1.54, 1.807) is 0 Å². The molecule has 0 aromatic heterocycles. The molecule has 0 aliphatic heterocycles. The van der Waals surface area contributed by atoms with E-state index in [1.165, 1.54) is 0 Å². The Kier molecular flexibility index (Phi) is 3.69. The van der Waals surface area contributed by atoms with Gasteiger partial charge in [-0.2, -0.15) is 0 Å². The number of nitrogens with one attached hydrogen (secondary N) is 1. The van der Waals surface area contributed by atoms with Gasteiger partial charge < -0.3 is 5.32 Å². The van der Waals surface area contributed by atoms with Gasteiger partial charge in [-0.25, -0.2) is 0 Å². The second kappa shape index (κ2) is 4.86. The average molecular weight is 277 g/mol. The largest absolute Gasteiger partial charge is 0.355 e. The molecule has 1 aromatic carbocycles. The highest BCUT2D eigenvalue weighted by Crippen LogP contribution is 2.67. The molecular formula is C16H23NOS. The molecule has 3 heteroatoms. The standard InChI is InChI=1S/C16H23NOS/c1-15(2)13(16(15,3)4)10-17-14(18)9-11-5-7-12(19)8-6-11/h5-8,13,19H,9-10H2,1-4H3,(H,17,18). The van der Waals surface area contributed by atoms with E-state index in [4.69, 9.17) is 0 Å². The van der Waals surface area contributed by atoms with E-state index in [0.29, 0.717) is 23.2 Å². The average Bonchev–Trinajstić information content (AvgIpc) is 2.70. The maximum Gasteiger partial charge on any atom is 0.224 e. The van der Waals surface area contributed by atoms with E-state index >= 15 is 0 Å². The Hall–Kier alpha value is -0.960. The SMILES string of the molecule is CC1(C)C(CNC(=O)Cc2ccc(S)cc2)C1(C)C. The minimum absolute atomic E-state index is 0.102. The van der Waals surface area contributed by atoms with Crippen LogP contribution in [0.15, 0.2) is 29.2 Å². The van der Waals surface area contributed by atoms with Crippen molar-refractivity contribution in [2.45, 2.75) is 39.0 Å². The molecule has 0 saturated heterocycles. The molecule has 1 aromatic rings. The second-order valence-electron chi connectivity index (χ2n) is 6.64. The molecule has 19 heavy (non-hydrogen) atoms. The third-order valence-corrected chi connectivity index (χ3v) is 5.42. The lowest BCUT2D eigenvalue weighted by atomic mass is 10.0. The summed E-state index contributed by atoms with van der Waals surface area (Å²) in [6.45, 7) is 9.87. The zero-order chi connectivity index (χ0) is 14.3. The molecule has 1 N–H and O–H groups in total. The van der Waals surface area contributed by atoms with Crippen LogP contribution in [0.4, 0.5) is 0 Å². The Balaban J connectivity index is 1.82. The molecule has 1 fully saturated rings. The van der Waals surface area contributed by atoms with Gasteiger partial charge in [0.15, 0.2) is 0 Å². The molecular weight excluding hydrogens is 254 g/mol. The number of hydrogen-bond acceptors (Lipinski definition) is 2. The highest BCUT2D eigenvalue weighted by atomic mass is 32.1. The number of benzene rings is 1. The fraction of sp³-hybridized carbons (Fsp3) is 0.562. The van der Waals surface area contributed by atoms with Crippen molar-refractivity contribution in [3.05, 3.63) is 29.8 Å². The van der Waals surface area contributed by atoms with Gasteiger partial charge in [-0.05, 0) is 34.4 Å². The van der Waals surface area contributed by atoms with Crippen molar-refractivity contribution >= 4 is 18.5 Å². The van der Waals surface area contributed by atoms with Crippen LogP contribution in [-0.4, -0.2) is 12.5 Å². The molecule has 1 amide bonds. The van der Waals surface area contributed by atoms with Crippen LogP contribution in [0, 0.1) is 16.7 Å². The first-order chi connectivity index (χ1) is 8.75. The zero-order valence-corrected chi connectivity index (χ0v) is 13.1. The normalized spacial score (nSPS) is 20.1. The smallest absolute Gasteiger partial charge is 0.224 e. The van der Waals surface area contributed by atoms with Crippen molar-refractivity contribution in [1.82, 2.24) is 5.32 Å². The molecule has 0 radical (unpaired) electrons. The monoisotopic (exact) mass is 277 g/mol. The number of hydrogen-bond donors (Lipinski definition) is 2. The molecule has 0 spiro atoms. The zero-order valence-electron chi connectivity index (χ0n) is 12.2. The van der Waals surface area contributed by atoms with E-state index in [1.807, 2.05) is 24.3 Å². The Morgan fingerprint density at radius 1 is 1.16 bits per heavy atom. The lowest BCUT2D eigenvalue weighted by Crippen LogP contribution is -2.28. The molecule has 1 aliphatic rings. The molecule has 1 saturated carbocycles. The van der Waals surface area contributed by atoms with Crippen molar-refractivity contribution in [2.24, 2.45) is 16.7 Å². The van der Waals surface area contributed by atoms with Gasteiger partial charge in [-0.3, -0.25) is 4.79 Å². The number of amides is 1. The summed E-state index contributed by atoms with van der Waals surface area (Å²) in [5.74, 6) is 0.675. The Morgan fingerprint density at radius 2 is 1.68 bits per heavy atom. The van der Waals surface area contributed by atoms with E-state index < -0.39 is 0 Å². The van der Waals surface area contributed by atoms with Crippen molar-refractivity contribution in [3.8, 4) is 0 Å². The maximum absolute atomic E-state index is 11.9. The van der Waals surface area contributed by atoms with Crippen LogP contribution >= 0.6 is 12.6 Å². The predicted molar refractivity (Wildman–Crippen MR) is 81.5 cm³/mol. The Bertz CT molecular complexity index is 462. The molecule has 0 atom stereocenters. The van der Waals surface area contributed by atoms with Gasteiger partial charge in [-0.15, -0.1) is 12.6 Å². The lowest BCUT2D eigenvalue weighted by Gasteiger charge is -2.06. The number of carbonyl (C=O) groups excluding carboxylic acids is 1. The first-order valence-corrected chi connectivity index (χ1v) is 7.24. The number of rotatable bonds is 4. The van der Waals surface area contributed by atoms with Crippen molar-refractivity contribution in [3.63, 3.8) is 0 Å². The summed E-state index contributed by atoms with van der Waals surface area (Å²) in [7, 11) is 0. The summed E-state index contributed by atoms with van der Waals surface area (Å²) in [5, 5.41) is 3.06. The minimum Gasteiger partial charge on any atom is -0.355 e. The molecule has 0 bridgehead atoms. The van der Waals surface area contributed by atoms with Crippen LogP contribution in [0.3, 0.4) is 0 Å². The van der Waals surface area contributed by atoms with Gasteiger partial charge in [0.25, 0.3) is 0 Å². The van der Waals surface area contributed by atoms with Crippen molar-refractivity contribution in [2.75, 3.05) is 6.54 Å². The highest BCUT2D eigenvalue weighted by molar-refractivity contribution is 7.80. The quantitative estimate of drug-likeness (QED) is 0.812. The third kappa shape index (κ3) is 2.81. The second-order valence-corrected chi connectivity index (χ2v) is 7.16. The van der Waals surface area contributed by atoms with Crippen LogP contribution in [-0.2, 0) is 11.2 Å². The summed E-state index contributed by atoms with van der Waals surface area (Å²) in [4.78, 5) is 12.8. The van der Waals surface area contributed by atoms with Gasteiger partial charge in [0.1, 0.15) is 0 Å². The van der Waals surface area contributed by atoms with Gasteiger partial charge in [0.05, 0.1) is 6.42 Å². The molecule has 1 aliphatic carbocycles. The molecule has 0 unspecified atom stereocenters. The summed E-state index contributed by atoms with van der Waals surface area (Å²) in [6.07, 6.45) is 0.446. The number of thiol groups is 1. The van der Waals surface area contributed by atoms with E-state index in [2.05, 4.69) is 45.6 Å². The van der Waals surface area contributed by atoms with Crippen LogP contribution in [0.2, 0.25) is 0 Å². The molecule has 2 rings (SSSR count). The summed E-state index contributed by atoms with van der Waals surface area (Å²) >= 11 is 4.24. The van der Waals surface area contributed by atoms with E-state index in [0.717, 1.165) is 17.0 Å². The van der Waals surface area contributed by atoms with Crippen molar-refractivity contribution in [1.29, 1.82) is 0 Å². The van der Waals surface area contributed by atoms with Gasteiger partial charge in [-0.1, -0.05) is 39.8 Å². The lowest BCUT2D eigenvalue weighted by molar-refractivity contribution is -0.120. The van der Waals surface area contributed by atoms with Crippen LogP contribution in [0.25, 0.3) is 0 Å². The fourth-order valence-electron chi connectivity index (χ4n) is 2.92. The molecule has 0 heterocycles. The maximum atomic E-state index is 11.9. The first-order valence-electron chi connectivity index (χ1n) is 6.80. The van der Waals surface area contributed by atoms with Crippen molar-refractivity contribution < 1.29 is 4.79 Å². The predicted octanol–water partition coefficient (Wildman–Crippen LogP) is 3.32. The molecule has 104 valence electrons. The summed E-state index contributed by atoms with van der Waals surface area (Å²) in [6, 6.07) is 7.73. The Morgan fingerprint density at radius 3 is 2.16 bits per heavy atom. The van der Waals surface area contributed by atoms with E-state index in [9.17, 15) is 4.79 Å². The van der Waals surface area contributed by atoms with Gasteiger partial charge >= 0.3 is 0 Å². The van der Waals surface area contributed by atoms with Crippen LogP contribution in [0.5, 0.6) is 0 Å². The third-order valence-electron chi connectivity index (χ3n) is 5.12. The first kappa shape index (κ1) is 14.4. The van der Waals surface area contributed by atoms with Gasteiger partial charge in [0.2, 0.25) is 5.91 Å².